The predicted molar refractivity (Wildman–Crippen MR) is 108 cm³/mol. The first-order chi connectivity index (χ1) is 11.7. The van der Waals surface area contributed by atoms with Crippen molar-refractivity contribution < 1.29 is 4.74 Å². The van der Waals surface area contributed by atoms with E-state index < -0.39 is 0 Å². The van der Waals surface area contributed by atoms with Crippen molar-refractivity contribution in [1.29, 1.82) is 0 Å². The highest BCUT2D eigenvalue weighted by Gasteiger charge is 2.07. The summed E-state index contributed by atoms with van der Waals surface area (Å²) in [5, 5.41) is 6.73. The molecule has 3 rings (SSSR count). The standard InChI is InChI=1S/C18H16IN3OS/c1-20-18-22(21-11-14-5-3-4-6-16(14)19)17(12-24-18)13-7-9-15(23-2)10-8-13/h3-12H,1-2H3. The molecule has 0 amide bonds. The molecule has 6 heteroatoms. The number of rotatable bonds is 4. The lowest BCUT2D eigenvalue weighted by Crippen LogP contribution is -2.11. The summed E-state index contributed by atoms with van der Waals surface area (Å²) < 4.78 is 8.26. The summed E-state index contributed by atoms with van der Waals surface area (Å²) in [5.41, 5.74) is 3.16. The topological polar surface area (TPSA) is 38.9 Å². The molecule has 0 fully saturated rings. The molecule has 0 unspecified atom stereocenters. The zero-order valence-electron chi connectivity index (χ0n) is 13.3. The van der Waals surface area contributed by atoms with Crippen molar-refractivity contribution in [3.8, 4) is 17.0 Å². The normalized spacial score (nSPS) is 12.0. The van der Waals surface area contributed by atoms with Gasteiger partial charge in [-0.1, -0.05) is 18.2 Å². The van der Waals surface area contributed by atoms with E-state index in [1.807, 2.05) is 53.4 Å². The summed E-state index contributed by atoms with van der Waals surface area (Å²) in [5.74, 6) is 0.836. The first-order valence-electron chi connectivity index (χ1n) is 7.29. The Morgan fingerprint density at radius 2 is 1.88 bits per heavy atom. The molecule has 0 N–H and O–H groups in total. The molecule has 0 spiro atoms. The number of benzene rings is 2. The van der Waals surface area contributed by atoms with Gasteiger partial charge in [0.2, 0.25) is 4.80 Å². The molecule has 1 aromatic heterocycles. The molecule has 24 heavy (non-hydrogen) atoms. The summed E-state index contributed by atoms with van der Waals surface area (Å²) in [6, 6.07) is 16.1. The van der Waals surface area contributed by atoms with E-state index in [-0.39, 0.29) is 0 Å². The van der Waals surface area contributed by atoms with Gasteiger partial charge >= 0.3 is 0 Å². The highest BCUT2D eigenvalue weighted by Crippen LogP contribution is 2.23. The van der Waals surface area contributed by atoms with Gasteiger partial charge in [0.25, 0.3) is 0 Å². The van der Waals surface area contributed by atoms with Crippen LogP contribution in [0.5, 0.6) is 5.75 Å². The molecule has 0 saturated heterocycles. The van der Waals surface area contributed by atoms with E-state index in [2.05, 4.69) is 44.1 Å². The van der Waals surface area contributed by atoms with Crippen molar-refractivity contribution in [3.63, 3.8) is 0 Å². The number of methoxy groups -OCH3 is 1. The van der Waals surface area contributed by atoms with Crippen molar-refractivity contribution >= 4 is 40.1 Å². The summed E-state index contributed by atoms with van der Waals surface area (Å²) in [6.07, 6.45) is 1.87. The third kappa shape index (κ3) is 3.59. The van der Waals surface area contributed by atoms with Crippen LogP contribution in [-0.2, 0) is 0 Å². The molecule has 0 aliphatic heterocycles. The maximum Gasteiger partial charge on any atom is 0.205 e. The van der Waals surface area contributed by atoms with E-state index in [1.54, 1.807) is 25.5 Å². The Bertz CT molecular complexity index is 926. The molecule has 4 nitrogen and oxygen atoms in total. The molecular formula is C18H16IN3OS. The lowest BCUT2D eigenvalue weighted by Gasteiger charge is -2.05. The van der Waals surface area contributed by atoms with Gasteiger partial charge in [0, 0.05) is 27.1 Å². The third-order valence-electron chi connectivity index (χ3n) is 3.48. The van der Waals surface area contributed by atoms with Crippen molar-refractivity contribution in [2.24, 2.45) is 10.1 Å². The Kier molecular flexibility index (Phi) is 5.47. The Balaban J connectivity index is 2.04. The molecule has 2 aromatic carbocycles. The largest absolute Gasteiger partial charge is 0.497 e. The second-order valence-corrected chi connectivity index (χ2v) is 6.93. The van der Waals surface area contributed by atoms with Crippen LogP contribution in [0.25, 0.3) is 11.3 Å². The zero-order chi connectivity index (χ0) is 16.9. The summed E-state index contributed by atoms with van der Waals surface area (Å²) in [6.45, 7) is 0. The molecule has 0 radical (unpaired) electrons. The lowest BCUT2D eigenvalue weighted by atomic mass is 10.2. The molecule has 3 aromatic rings. The van der Waals surface area contributed by atoms with E-state index in [0.717, 1.165) is 30.9 Å². The average Bonchev–Trinajstić information content (AvgIpc) is 3.04. The van der Waals surface area contributed by atoms with Crippen molar-refractivity contribution in [2.45, 2.75) is 0 Å². The Labute approximate surface area is 158 Å². The van der Waals surface area contributed by atoms with Gasteiger partial charge in [-0.3, -0.25) is 4.99 Å². The monoisotopic (exact) mass is 449 g/mol. The number of ether oxygens (including phenoxy) is 1. The fraction of sp³-hybridized carbons (Fsp3) is 0.111. The van der Waals surface area contributed by atoms with Gasteiger partial charge in [0.1, 0.15) is 5.75 Å². The maximum atomic E-state index is 5.23. The summed E-state index contributed by atoms with van der Waals surface area (Å²) >= 11 is 3.88. The zero-order valence-corrected chi connectivity index (χ0v) is 16.3. The van der Waals surface area contributed by atoms with Gasteiger partial charge in [-0.25, -0.2) is 4.68 Å². The van der Waals surface area contributed by atoms with E-state index >= 15 is 0 Å². The fourth-order valence-electron chi connectivity index (χ4n) is 2.22. The van der Waals surface area contributed by atoms with Gasteiger partial charge in [0.05, 0.1) is 19.0 Å². The average molecular weight is 449 g/mol. The first-order valence-corrected chi connectivity index (χ1v) is 9.25. The van der Waals surface area contributed by atoms with Crippen LogP contribution in [0.2, 0.25) is 0 Å². The minimum atomic E-state index is 0.836. The van der Waals surface area contributed by atoms with E-state index in [9.17, 15) is 0 Å². The van der Waals surface area contributed by atoms with Gasteiger partial charge in [-0.15, -0.1) is 11.3 Å². The van der Waals surface area contributed by atoms with Crippen LogP contribution >= 0.6 is 33.9 Å². The van der Waals surface area contributed by atoms with Crippen LogP contribution in [0.1, 0.15) is 5.56 Å². The van der Waals surface area contributed by atoms with Crippen LogP contribution in [0.3, 0.4) is 0 Å². The van der Waals surface area contributed by atoms with Crippen molar-refractivity contribution in [2.75, 3.05) is 14.2 Å². The Hall–Kier alpha value is -1.93. The smallest absolute Gasteiger partial charge is 0.205 e. The summed E-state index contributed by atoms with van der Waals surface area (Å²) in [7, 11) is 3.45. The molecule has 1 heterocycles. The lowest BCUT2D eigenvalue weighted by molar-refractivity contribution is 0.415. The molecule has 0 saturated carbocycles. The third-order valence-corrected chi connectivity index (χ3v) is 5.37. The van der Waals surface area contributed by atoms with Gasteiger partial charge in [-0.2, -0.15) is 5.10 Å². The maximum absolute atomic E-state index is 5.23. The minimum Gasteiger partial charge on any atom is -0.497 e. The number of hydrogen-bond donors (Lipinski definition) is 0. The molecule has 0 aliphatic carbocycles. The number of halogens is 1. The molecular weight excluding hydrogens is 433 g/mol. The molecule has 122 valence electrons. The van der Waals surface area contributed by atoms with E-state index in [4.69, 9.17) is 4.74 Å². The van der Waals surface area contributed by atoms with Gasteiger partial charge in [-0.05, 0) is 52.9 Å². The van der Waals surface area contributed by atoms with Crippen LogP contribution in [0, 0.1) is 3.57 Å². The predicted octanol–water partition coefficient (Wildman–Crippen LogP) is 4.24. The minimum absolute atomic E-state index is 0.836. The van der Waals surface area contributed by atoms with Crippen LogP contribution in [-0.4, -0.2) is 25.0 Å². The summed E-state index contributed by atoms with van der Waals surface area (Å²) in [4.78, 5) is 5.18. The van der Waals surface area contributed by atoms with Crippen LogP contribution < -0.4 is 9.54 Å². The second-order valence-electron chi connectivity index (χ2n) is 4.93. The second kappa shape index (κ2) is 7.76. The highest BCUT2D eigenvalue weighted by atomic mass is 127. The number of nitrogens with zero attached hydrogens (tertiary/aromatic N) is 3. The van der Waals surface area contributed by atoms with Gasteiger partial charge < -0.3 is 4.74 Å². The molecule has 0 atom stereocenters. The number of aromatic nitrogens is 1. The van der Waals surface area contributed by atoms with E-state index in [1.165, 1.54) is 0 Å². The highest BCUT2D eigenvalue weighted by molar-refractivity contribution is 14.1. The van der Waals surface area contributed by atoms with Crippen LogP contribution in [0.15, 0.2) is 64.0 Å². The van der Waals surface area contributed by atoms with E-state index in [0.29, 0.717) is 0 Å². The molecule has 0 bridgehead atoms. The Morgan fingerprint density at radius 3 is 2.54 bits per heavy atom. The van der Waals surface area contributed by atoms with Crippen molar-refractivity contribution in [3.05, 3.63) is 67.8 Å². The quantitative estimate of drug-likeness (QED) is 0.434. The number of thiazole rings is 1. The fourth-order valence-corrected chi connectivity index (χ4v) is 3.55. The first kappa shape index (κ1) is 16.9. The molecule has 0 aliphatic rings. The number of hydrogen-bond acceptors (Lipinski definition) is 4. The SMILES string of the molecule is CN=c1scc(-c2ccc(OC)cc2)n1N=Cc1ccccc1I. The van der Waals surface area contributed by atoms with Crippen molar-refractivity contribution in [1.82, 2.24) is 4.68 Å². The van der Waals surface area contributed by atoms with Gasteiger partial charge in [0.15, 0.2) is 0 Å². The Morgan fingerprint density at radius 1 is 1.12 bits per heavy atom. The van der Waals surface area contributed by atoms with Crippen LogP contribution in [0.4, 0.5) is 0 Å².